The molecule has 2 aromatic carbocycles. The Hall–Kier alpha value is -3.22. The normalized spacial score (nSPS) is 11.5. The van der Waals surface area contributed by atoms with Gasteiger partial charge >= 0.3 is 5.97 Å². The Kier molecular flexibility index (Phi) is 7.05. The standard InChI is InChI=1S/C20H20FNO5/c1-27-20(26)17(12-13-2-8-16(23)9-3-13)22-19(25)11-10-18(24)14-4-6-15(21)7-5-14/h2-9,17,23H,10-12H2,1H3,(H,22,25). The van der Waals surface area contributed by atoms with Gasteiger partial charge in [0.05, 0.1) is 7.11 Å². The van der Waals surface area contributed by atoms with E-state index in [0.29, 0.717) is 5.56 Å². The zero-order valence-corrected chi connectivity index (χ0v) is 14.8. The number of amides is 1. The lowest BCUT2D eigenvalue weighted by Gasteiger charge is -2.16. The Balaban J connectivity index is 1.92. The Morgan fingerprint density at radius 3 is 2.26 bits per heavy atom. The fraction of sp³-hybridized carbons (Fsp3) is 0.250. The summed E-state index contributed by atoms with van der Waals surface area (Å²) in [5.74, 6) is -1.73. The van der Waals surface area contributed by atoms with Crippen LogP contribution in [0.4, 0.5) is 4.39 Å². The number of hydrogen-bond acceptors (Lipinski definition) is 5. The molecule has 0 aliphatic rings. The molecule has 0 aliphatic carbocycles. The number of carbonyl (C=O) groups excluding carboxylic acids is 3. The fourth-order valence-electron chi connectivity index (χ4n) is 2.48. The van der Waals surface area contributed by atoms with E-state index >= 15 is 0 Å². The van der Waals surface area contributed by atoms with Gasteiger partial charge in [0.15, 0.2) is 5.78 Å². The van der Waals surface area contributed by atoms with E-state index in [-0.39, 0.29) is 30.8 Å². The van der Waals surface area contributed by atoms with Gasteiger partial charge in [-0.05, 0) is 42.0 Å². The number of hydrogen-bond donors (Lipinski definition) is 2. The van der Waals surface area contributed by atoms with Crippen LogP contribution in [-0.4, -0.2) is 35.9 Å². The maximum absolute atomic E-state index is 12.9. The lowest BCUT2D eigenvalue weighted by molar-refractivity contribution is -0.145. The van der Waals surface area contributed by atoms with Gasteiger partial charge in [-0.25, -0.2) is 9.18 Å². The number of methoxy groups -OCH3 is 1. The molecule has 0 bridgehead atoms. The number of halogens is 1. The molecule has 2 rings (SSSR count). The lowest BCUT2D eigenvalue weighted by Crippen LogP contribution is -2.43. The molecule has 7 heteroatoms. The third-order valence-corrected chi connectivity index (χ3v) is 3.94. The Labute approximate surface area is 156 Å². The summed E-state index contributed by atoms with van der Waals surface area (Å²) in [4.78, 5) is 36.1. The maximum Gasteiger partial charge on any atom is 0.328 e. The first kappa shape index (κ1) is 20.1. The minimum atomic E-state index is -0.909. The predicted octanol–water partition coefficient (Wildman–Crippen LogP) is 2.39. The number of Topliss-reactive ketones (excluding diaryl/α,β-unsaturated/α-hetero) is 1. The highest BCUT2D eigenvalue weighted by molar-refractivity contribution is 5.98. The molecule has 1 amide bonds. The monoisotopic (exact) mass is 373 g/mol. The van der Waals surface area contributed by atoms with Crippen molar-refractivity contribution in [3.8, 4) is 5.75 Å². The summed E-state index contributed by atoms with van der Waals surface area (Å²) >= 11 is 0. The molecule has 0 aliphatic heterocycles. The quantitative estimate of drug-likeness (QED) is 0.548. The van der Waals surface area contributed by atoms with E-state index in [2.05, 4.69) is 5.32 Å². The van der Waals surface area contributed by atoms with Crippen molar-refractivity contribution in [3.05, 3.63) is 65.5 Å². The number of aromatic hydroxyl groups is 1. The first-order valence-electron chi connectivity index (χ1n) is 8.33. The smallest absolute Gasteiger partial charge is 0.328 e. The molecule has 27 heavy (non-hydrogen) atoms. The molecule has 142 valence electrons. The molecular formula is C20H20FNO5. The number of ketones is 1. The second kappa shape index (κ2) is 9.47. The summed E-state index contributed by atoms with van der Waals surface area (Å²) in [6.07, 6.45) is 0.00838. The van der Waals surface area contributed by atoms with Crippen molar-refractivity contribution in [2.45, 2.75) is 25.3 Å². The van der Waals surface area contributed by atoms with E-state index in [4.69, 9.17) is 4.74 Å². The molecule has 0 aromatic heterocycles. The average molecular weight is 373 g/mol. The van der Waals surface area contributed by atoms with Crippen LogP contribution in [0.2, 0.25) is 0 Å². The molecule has 2 N–H and O–H groups in total. The zero-order chi connectivity index (χ0) is 19.8. The zero-order valence-electron chi connectivity index (χ0n) is 14.8. The number of phenols is 1. The van der Waals surface area contributed by atoms with Crippen molar-refractivity contribution >= 4 is 17.7 Å². The second-order valence-electron chi connectivity index (χ2n) is 5.94. The van der Waals surface area contributed by atoms with Crippen molar-refractivity contribution in [2.75, 3.05) is 7.11 Å². The van der Waals surface area contributed by atoms with Crippen molar-refractivity contribution in [1.29, 1.82) is 0 Å². The van der Waals surface area contributed by atoms with Crippen LogP contribution in [0.1, 0.15) is 28.8 Å². The van der Waals surface area contributed by atoms with Gasteiger partial charge in [-0.15, -0.1) is 0 Å². The summed E-state index contributed by atoms with van der Waals surface area (Å²) in [6.45, 7) is 0. The van der Waals surface area contributed by atoms with Crippen molar-refractivity contribution in [1.82, 2.24) is 5.32 Å². The number of benzene rings is 2. The Bertz CT molecular complexity index is 802. The van der Waals surface area contributed by atoms with E-state index in [9.17, 15) is 23.9 Å². The predicted molar refractivity (Wildman–Crippen MR) is 95.7 cm³/mol. The molecular weight excluding hydrogens is 353 g/mol. The summed E-state index contributed by atoms with van der Waals surface area (Å²) < 4.78 is 17.6. The molecule has 0 radical (unpaired) electrons. The van der Waals surface area contributed by atoms with Gasteiger partial charge in [-0.1, -0.05) is 12.1 Å². The highest BCUT2D eigenvalue weighted by atomic mass is 19.1. The van der Waals surface area contributed by atoms with Gasteiger partial charge in [-0.2, -0.15) is 0 Å². The van der Waals surface area contributed by atoms with Gasteiger partial charge in [0.2, 0.25) is 5.91 Å². The van der Waals surface area contributed by atoms with Gasteiger partial charge in [0.1, 0.15) is 17.6 Å². The highest BCUT2D eigenvalue weighted by Gasteiger charge is 2.22. The Morgan fingerprint density at radius 2 is 1.67 bits per heavy atom. The van der Waals surface area contributed by atoms with Crippen molar-refractivity contribution < 1.29 is 28.6 Å². The molecule has 1 atom stereocenters. The summed E-state index contributed by atoms with van der Waals surface area (Å²) in [5, 5.41) is 11.9. The molecule has 0 saturated carbocycles. The van der Waals surface area contributed by atoms with Gasteiger partial charge in [0.25, 0.3) is 0 Å². The van der Waals surface area contributed by atoms with Crippen LogP contribution >= 0.6 is 0 Å². The van der Waals surface area contributed by atoms with Crippen LogP contribution in [0.15, 0.2) is 48.5 Å². The van der Waals surface area contributed by atoms with Gasteiger partial charge in [0, 0.05) is 24.8 Å². The van der Waals surface area contributed by atoms with Crippen LogP contribution in [0.3, 0.4) is 0 Å². The average Bonchev–Trinajstić information content (AvgIpc) is 2.67. The molecule has 1 unspecified atom stereocenters. The molecule has 2 aromatic rings. The van der Waals surface area contributed by atoms with Crippen molar-refractivity contribution in [3.63, 3.8) is 0 Å². The van der Waals surface area contributed by atoms with Crippen LogP contribution in [-0.2, 0) is 20.7 Å². The fourth-order valence-corrected chi connectivity index (χ4v) is 2.48. The van der Waals surface area contributed by atoms with Crippen molar-refractivity contribution in [2.24, 2.45) is 0 Å². The second-order valence-corrected chi connectivity index (χ2v) is 5.94. The van der Waals surface area contributed by atoms with Crippen LogP contribution in [0, 0.1) is 5.82 Å². The largest absolute Gasteiger partial charge is 0.508 e. The summed E-state index contributed by atoms with van der Waals surface area (Å²) in [7, 11) is 1.22. The minimum Gasteiger partial charge on any atom is -0.508 e. The number of rotatable bonds is 8. The molecule has 6 nitrogen and oxygen atoms in total. The number of nitrogens with one attached hydrogen (secondary N) is 1. The first-order chi connectivity index (χ1) is 12.9. The highest BCUT2D eigenvalue weighted by Crippen LogP contribution is 2.12. The Morgan fingerprint density at radius 1 is 1.04 bits per heavy atom. The van der Waals surface area contributed by atoms with Crippen LogP contribution in [0.5, 0.6) is 5.75 Å². The first-order valence-corrected chi connectivity index (χ1v) is 8.33. The molecule has 0 spiro atoms. The van der Waals surface area contributed by atoms with E-state index < -0.39 is 23.7 Å². The SMILES string of the molecule is COC(=O)C(Cc1ccc(O)cc1)NC(=O)CCC(=O)c1ccc(F)cc1. The minimum absolute atomic E-state index is 0.0649. The number of carbonyl (C=O) groups is 3. The van der Waals surface area contributed by atoms with E-state index in [1.165, 1.54) is 43.5 Å². The summed E-state index contributed by atoms with van der Waals surface area (Å²) in [6, 6.07) is 10.4. The number of ether oxygens (including phenoxy) is 1. The van der Waals surface area contributed by atoms with E-state index in [1.54, 1.807) is 12.1 Å². The third-order valence-electron chi connectivity index (χ3n) is 3.94. The van der Waals surface area contributed by atoms with Crippen LogP contribution in [0.25, 0.3) is 0 Å². The van der Waals surface area contributed by atoms with E-state index in [1.807, 2.05) is 0 Å². The van der Waals surface area contributed by atoms with Gasteiger partial charge in [-0.3, -0.25) is 9.59 Å². The lowest BCUT2D eigenvalue weighted by atomic mass is 10.0. The molecule has 0 heterocycles. The topological polar surface area (TPSA) is 92.7 Å². The maximum atomic E-state index is 12.9. The van der Waals surface area contributed by atoms with Gasteiger partial charge < -0.3 is 15.2 Å². The molecule has 0 saturated heterocycles. The van der Waals surface area contributed by atoms with E-state index in [0.717, 1.165) is 5.56 Å². The summed E-state index contributed by atoms with van der Waals surface area (Å²) in [5.41, 5.74) is 1.05. The molecule has 0 fully saturated rings. The van der Waals surface area contributed by atoms with Crippen LogP contribution < -0.4 is 5.32 Å². The third kappa shape index (κ3) is 6.22. The number of esters is 1. The number of phenolic OH excluding ortho intramolecular Hbond substituents is 1.